The number of carbonyl (C=O) groups is 1. The molecule has 0 aliphatic heterocycles. The van der Waals surface area contributed by atoms with Crippen LogP contribution in [-0.2, 0) is 11.3 Å². The molecule has 152 valence electrons. The lowest BCUT2D eigenvalue weighted by molar-refractivity contribution is 0.0839. The Morgan fingerprint density at radius 3 is 2.79 bits per heavy atom. The molecule has 1 amide bonds. The van der Waals surface area contributed by atoms with Crippen LogP contribution in [0.3, 0.4) is 0 Å². The average Bonchev–Trinajstić information content (AvgIpc) is 3.12. The quantitative estimate of drug-likeness (QED) is 0.601. The van der Waals surface area contributed by atoms with Crippen molar-refractivity contribution in [1.29, 1.82) is 0 Å². The van der Waals surface area contributed by atoms with Crippen molar-refractivity contribution in [2.45, 2.75) is 40.3 Å². The molecule has 0 saturated carbocycles. The monoisotopic (exact) mass is 393 g/mol. The van der Waals surface area contributed by atoms with Crippen LogP contribution in [0.1, 0.15) is 51.5 Å². The summed E-state index contributed by atoms with van der Waals surface area (Å²) in [6, 6.07) is 7.66. The Kier molecular flexibility index (Phi) is 6.03. The minimum absolute atomic E-state index is 0.170. The molecule has 6 nitrogen and oxygen atoms in total. The van der Waals surface area contributed by atoms with Crippen molar-refractivity contribution in [2.75, 3.05) is 6.61 Å². The Morgan fingerprint density at radius 2 is 2.10 bits per heavy atom. The molecule has 3 aromatic rings. The number of fused-ring (bicyclic) bond motifs is 1. The summed E-state index contributed by atoms with van der Waals surface area (Å²) in [7, 11) is 0. The molecule has 3 heterocycles. The molecule has 0 radical (unpaired) electrons. The predicted octanol–water partition coefficient (Wildman–Crippen LogP) is 3.75. The SMILES string of the molecule is C=CCOC(C)c1c(C)c(C(=O)NCc2c(C)cc(C)[nH]c2=O)cc2cccn12. The number of hydrogen-bond acceptors (Lipinski definition) is 3. The van der Waals surface area contributed by atoms with Crippen LogP contribution in [0.4, 0.5) is 0 Å². The first-order chi connectivity index (χ1) is 13.8. The molecule has 6 heteroatoms. The lowest BCUT2D eigenvalue weighted by Gasteiger charge is -2.20. The second-order valence-corrected chi connectivity index (χ2v) is 7.26. The third-order valence-electron chi connectivity index (χ3n) is 5.13. The first-order valence-electron chi connectivity index (χ1n) is 9.64. The van der Waals surface area contributed by atoms with Crippen LogP contribution in [0.5, 0.6) is 0 Å². The Morgan fingerprint density at radius 1 is 1.34 bits per heavy atom. The highest BCUT2D eigenvalue weighted by Gasteiger charge is 2.20. The van der Waals surface area contributed by atoms with Gasteiger partial charge in [-0.2, -0.15) is 0 Å². The number of pyridine rings is 2. The van der Waals surface area contributed by atoms with Crippen molar-refractivity contribution < 1.29 is 9.53 Å². The lowest BCUT2D eigenvalue weighted by atomic mass is 10.0. The summed E-state index contributed by atoms with van der Waals surface area (Å²) in [6.45, 7) is 11.9. The van der Waals surface area contributed by atoms with E-state index in [1.54, 1.807) is 6.08 Å². The topological polar surface area (TPSA) is 75.6 Å². The maximum Gasteiger partial charge on any atom is 0.253 e. The highest BCUT2D eigenvalue weighted by Crippen LogP contribution is 2.26. The van der Waals surface area contributed by atoms with Gasteiger partial charge in [0.25, 0.3) is 11.5 Å². The van der Waals surface area contributed by atoms with Gasteiger partial charge in [-0.05, 0) is 63.1 Å². The van der Waals surface area contributed by atoms with Crippen molar-refractivity contribution in [1.82, 2.24) is 14.7 Å². The predicted molar refractivity (Wildman–Crippen MR) is 114 cm³/mol. The van der Waals surface area contributed by atoms with E-state index in [2.05, 4.69) is 16.9 Å². The number of ether oxygens (including phenoxy) is 1. The average molecular weight is 393 g/mol. The number of aromatic nitrogens is 2. The Hall–Kier alpha value is -3.12. The molecule has 0 bridgehead atoms. The van der Waals surface area contributed by atoms with Crippen LogP contribution < -0.4 is 10.9 Å². The first-order valence-corrected chi connectivity index (χ1v) is 9.64. The van der Waals surface area contributed by atoms with Gasteiger partial charge in [0.1, 0.15) is 0 Å². The molecule has 29 heavy (non-hydrogen) atoms. The number of nitrogens with zero attached hydrogens (tertiary/aromatic N) is 1. The van der Waals surface area contributed by atoms with Gasteiger partial charge < -0.3 is 19.4 Å². The number of carbonyl (C=O) groups excluding carboxylic acids is 1. The number of H-pyrrole nitrogens is 1. The summed E-state index contributed by atoms with van der Waals surface area (Å²) in [5.41, 5.74) is 5.30. The third kappa shape index (κ3) is 4.17. The number of amides is 1. The fourth-order valence-corrected chi connectivity index (χ4v) is 3.70. The minimum atomic E-state index is -0.220. The van der Waals surface area contributed by atoms with Crippen LogP contribution in [0.2, 0.25) is 0 Å². The largest absolute Gasteiger partial charge is 0.368 e. The number of aryl methyl sites for hydroxylation is 2. The molecule has 3 aromatic heterocycles. The Balaban J connectivity index is 1.93. The van der Waals surface area contributed by atoms with Gasteiger partial charge in [0.15, 0.2) is 0 Å². The van der Waals surface area contributed by atoms with Crippen molar-refractivity contribution in [3.05, 3.63) is 87.1 Å². The van der Waals surface area contributed by atoms with Crippen LogP contribution >= 0.6 is 0 Å². The van der Waals surface area contributed by atoms with Crippen LogP contribution in [0, 0.1) is 20.8 Å². The van der Waals surface area contributed by atoms with E-state index in [-0.39, 0.29) is 24.1 Å². The molecule has 1 atom stereocenters. The maximum absolute atomic E-state index is 13.0. The molecule has 1 unspecified atom stereocenters. The molecule has 0 fully saturated rings. The third-order valence-corrected chi connectivity index (χ3v) is 5.13. The van der Waals surface area contributed by atoms with Crippen molar-refractivity contribution in [3.63, 3.8) is 0 Å². The van der Waals surface area contributed by atoms with E-state index >= 15 is 0 Å². The molecule has 3 rings (SSSR count). The fraction of sp³-hybridized carbons (Fsp3) is 0.304. The van der Waals surface area contributed by atoms with Gasteiger partial charge in [-0.3, -0.25) is 9.59 Å². The van der Waals surface area contributed by atoms with Gasteiger partial charge in [-0.15, -0.1) is 6.58 Å². The van der Waals surface area contributed by atoms with E-state index in [1.165, 1.54) is 0 Å². The van der Waals surface area contributed by atoms with Gasteiger partial charge in [0.05, 0.1) is 18.4 Å². The summed E-state index contributed by atoms with van der Waals surface area (Å²) in [5, 5.41) is 2.90. The number of rotatable bonds is 7. The molecule has 0 saturated heterocycles. The van der Waals surface area contributed by atoms with Crippen LogP contribution in [-0.4, -0.2) is 21.9 Å². The van der Waals surface area contributed by atoms with E-state index in [9.17, 15) is 9.59 Å². The number of hydrogen-bond donors (Lipinski definition) is 2. The summed E-state index contributed by atoms with van der Waals surface area (Å²) in [4.78, 5) is 28.0. The molecule has 2 N–H and O–H groups in total. The normalized spacial score (nSPS) is 12.1. The zero-order valence-electron chi connectivity index (χ0n) is 17.3. The first kappa shape index (κ1) is 20.6. The van der Waals surface area contributed by atoms with E-state index < -0.39 is 0 Å². The van der Waals surface area contributed by atoms with Crippen molar-refractivity contribution >= 4 is 11.4 Å². The second kappa shape index (κ2) is 8.49. The Labute approximate surface area is 170 Å². The van der Waals surface area contributed by atoms with Gasteiger partial charge in [0, 0.05) is 35.1 Å². The molecule has 0 aliphatic carbocycles. The standard InChI is InChI=1S/C23H27N3O3/c1-6-10-29-17(5)21-16(4)19(12-18-8-7-9-26(18)21)22(27)24-13-20-14(2)11-15(3)25-23(20)28/h6-9,11-12,17H,1,10,13H2,2-5H3,(H,24,27)(H,25,28). The zero-order chi connectivity index (χ0) is 21.1. The molecule has 0 aromatic carbocycles. The number of aromatic amines is 1. The van der Waals surface area contributed by atoms with Gasteiger partial charge >= 0.3 is 0 Å². The second-order valence-electron chi connectivity index (χ2n) is 7.26. The smallest absolute Gasteiger partial charge is 0.253 e. The van der Waals surface area contributed by atoms with E-state index in [1.807, 2.05) is 62.6 Å². The van der Waals surface area contributed by atoms with Gasteiger partial charge in [-0.25, -0.2) is 0 Å². The van der Waals surface area contributed by atoms with E-state index in [4.69, 9.17) is 4.74 Å². The lowest BCUT2D eigenvalue weighted by Crippen LogP contribution is -2.29. The maximum atomic E-state index is 13.0. The highest BCUT2D eigenvalue weighted by molar-refractivity contribution is 5.97. The molecular formula is C23H27N3O3. The Bertz CT molecular complexity index is 1120. The summed E-state index contributed by atoms with van der Waals surface area (Å²) < 4.78 is 7.86. The fourth-order valence-electron chi connectivity index (χ4n) is 3.70. The number of nitrogens with one attached hydrogen (secondary N) is 2. The summed E-state index contributed by atoms with van der Waals surface area (Å²) >= 11 is 0. The molecular weight excluding hydrogens is 366 g/mol. The summed E-state index contributed by atoms with van der Waals surface area (Å²) in [5.74, 6) is -0.220. The van der Waals surface area contributed by atoms with Crippen molar-refractivity contribution in [2.24, 2.45) is 0 Å². The van der Waals surface area contributed by atoms with E-state index in [0.717, 1.165) is 28.0 Å². The minimum Gasteiger partial charge on any atom is -0.368 e. The van der Waals surface area contributed by atoms with Crippen LogP contribution in [0.15, 0.2) is 47.9 Å². The highest BCUT2D eigenvalue weighted by atomic mass is 16.5. The van der Waals surface area contributed by atoms with Gasteiger partial charge in [0.2, 0.25) is 0 Å². The zero-order valence-corrected chi connectivity index (χ0v) is 17.3. The van der Waals surface area contributed by atoms with Gasteiger partial charge in [-0.1, -0.05) is 6.08 Å². The van der Waals surface area contributed by atoms with Crippen molar-refractivity contribution in [3.8, 4) is 0 Å². The summed E-state index contributed by atoms with van der Waals surface area (Å²) in [6.07, 6.45) is 3.46. The van der Waals surface area contributed by atoms with Crippen LogP contribution in [0.25, 0.3) is 5.52 Å². The van der Waals surface area contributed by atoms with E-state index in [0.29, 0.717) is 17.7 Å². The molecule has 0 spiro atoms. The molecule has 0 aliphatic rings.